The molecule has 1 atom stereocenters. The lowest BCUT2D eigenvalue weighted by Gasteiger charge is -2.10. The predicted octanol–water partition coefficient (Wildman–Crippen LogP) is 8.18. The summed E-state index contributed by atoms with van der Waals surface area (Å²) in [6, 6.07) is 15.7. The Morgan fingerprint density at radius 3 is 1.81 bits per heavy atom. The first-order valence-electron chi connectivity index (χ1n) is 13.8. The Labute approximate surface area is 223 Å². The second kappa shape index (κ2) is 18.2. The van der Waals surface area contributed by atoms with Crippen LogP contribution in [0, 0.1) is 5.92 Å². The number of esters is 2. The second-order valence-corrected chi connectivity index (χ2v) is 9.62. The van der Waals surface area contributed by atoms with Gasteiger partial charge in [-0.25, -0.2) is 9.59 Å². The van der Waals surface area contributed by atoms with Gasteiger partial charge in [-0.1, -0.05) is 96.1 Å². The van der Waals surface area contributed by atoms with Crippen LogP contribution in [-0.4, -0.2) is 31.8 Å². The molecule has 2 aromatic rings. The molecule has 0 fully saturated rings. The highest BCUT2D eigenvalue weighted by Gasteiger charge is 2.09. The van der Waals surface area contributed by atoms with E-state index in [1.165, 1.54) is 44.6 Å². The maximum absolute atomic E-state index is 12.2. The highest BCUT2D eigenvalue weighted by molar-refractivity contribution is 5.90. The van der Waals surface area contributed by atoms with Crippen LogP contribution in [0.25, 0.3) is 11.1 Å². The zero-order valence-corrected chi connectivity index (χ0v) is 22.7. The van der Waals surface area contributed by atoms with Crippen molar-refractivity contribution in [1.29, 1.82) is 0 Å². The van der Waals surface area contributed by atoms with Gasteiger partial charge in [0.25, 0.3) is 0 Å². The number of ether oxygens (including phenoxy) is 3. The van der Waals surface area contributed by atoms with Crippen molar-refractivity contribution >= 4 is 11.9 Å². The Balaban J connectivity index is 1.55. The van der Waals surface area contributed by atoms with E-state index in [2.05, 4.69) is 32.6 Å². The number of hydrogen-bond donors (Lipinski definition) is 0. The monoisotopic (exact) mass is 508 g/mol. The molecule has 0 aliphatic heterocycles. The highest BCUT2D eigenvalue weighted by Crippen LogP contribution is 2.23. The Bertz CT molecular complexity index is 917. The first-order valence-corrected chi connectivity index (χ1v) is 13.8. The Kier molecular flexibility index (Phi) is 14.8. The van der Waals surface area contributed by atoms with Crippen LogP contribution in [0.5, 0.6) is 5.75 Å². The van der Waals surface area contributed by atoms with Gasteiger partial charge in [0.05, 0.1) is 25.4 Å². The highest BCUT2D eigenvalue weighted by atomic mass is 16.5. The molecular weight excluding hydrogens is 464 g/mol. The lowest BCUT2D eigenvalue weighted by molar-refractivity contribution is -0.137. The smallest absolute Gasteiger partial charge is 0.338 e. The SMILES string of the molecule is C=CC(=O)OCCCCCCCCCCCOc1ccc(-c2ccc(C(=O)OCC(C)CC)cc2)cc1. The number of benzene rings is 2. The molecule has 0 saturated carbocycles. The zero-order valence-electron chi connectivity index (χ0n) is 22.7. The van der Waals surface area contributed by atoms with E-state index in [9.17, 15) is 9.59 Å². The quantitative estimate of drug-likeness (QED) is 0.109. The molecule has 0 aliphatic rings. The van der Waals surface area contributed by atoms with E-state index in [0.717, 1.165) is 49.2 Å². The summed E-state index contributed by atoms with van der Waals surface area (Å²) in [5, 5.41) is 0. The lowest BCUT2D eigenvalue weighted by Crippen LogP contribution is -2.11. The van der Waals surface area contributed by atoms with Crippen molar-refractivity contribution < 1.29 is 23.8 Å². The van der Waals surface area contributed by atoms with Crippen LogP contribution in [0.15, 0.2) is 61.2 Å². The maximum Gasteiger partial charge on any atom is 0.338 e. The molecule has 0 heterocycles. The zero-order chi connectivity index (χ0) is 26.7. The predicted molar refractivity (Wildman–Crippen MR) is 150 cm³/mol. The molecule has 1 unspecified atom stereocenters. The molecule has 0 amide bonds. The van der Waals surface area contributed by atoms with Crippen LogP contribution < -0.4 is 4.74 Å². The van der Waals surface area contributed by atoms with E-state index >= 15 is 0 Å². The molecule has 0 saturated heterocycles. The number of hydrogen-bond acceptors (Lipinski definition) is 5. The Morgan fingerprint density at radius 2 is 1.27 bits per heavy atom. The number of unbranched alkanes of at least 4 members (excludes halogenated alkanes) is 8. The summed E-state index contributed by atoms with van der Waals surface area (Å²) in [4.78, 5) is 23.1. The van der Waals surface area contributed by atoms with Crippen molar-refractivity contribution in [2.75, 3.05) is 19.8 Å². The summed E-state index contributed by atoms with van der Waals surface area (Å²) in [6.45, 7) is 9.24. The second-order valence-electron chi connectivity index (χ2n) is 9.62. The lowest BCUT2D eigenvalue weighted by atomic mass is 10.0. The fourth-order valence-electron chi connectivity index (χ4n) is 3.82. The van der Waals surface area contributed by atoms with Crippen molar-refractivity contribution in [3.63, 3.8) is 0 Å². The minimum absolute atomic E-state index is 0.267. The van der Waals surface area contributed by atoms with Gasteiger partial charge >= 0.3 is 11.9 Å². The number of rotatable bonds is 19. The van der Waals surface area contributed by atoms with Crippen molar-refractivity contribution in [2.24, 2.45) is 5.92 Å². The average molecular weight is 509 g/mol. The molecule has 5 heteroatoms. The standard InChI is InChI=1S/C32H44O5/c1-4-26(3)25-37-32(34)29-17-15-27(16-18-29)28-19-21-30(22-20-28)35-23-13-11-9-7-6-8-10-12-14-24-36-31(33)5-2/h5,15-22,26H,2,4,6-14,23-25H2,1,3H3. The van der Waals surface area contributed by atoms with Crippen molar-refractivity contribution in [3.05, 3.63) is 66.7 Å². The molecule has 5 nitrogen and oxygen atoms in total. The third-order valence-corrected chi connectivity index (χ3v) is 6.47. The molecule has 0 spiro atoms. The molecule has 37 heavy (non-hydrogen) atoms. The molecule has 202 valence electrons. The number of carbonyl (C=O) groups is 2. The van der Waals surface area contributed by atoms with E-state index in [0.29, 0.717) is 24.7 Å². The van der Waals surface area contributed by atoms with E-state index in [4.69, 9.17) is 14.2 Å². The molecule has 0 aromatic heterocycles. The summed E-state index contributed by atoms with van der Waals surface area (Å²) < 4.78 is 16.3. The van der Waals surface area contributed by atoms with Gasteiger partial charge in [0.15, 0.2) is 0 Å². The van der Waals surface area contributed by atoms with Crippen LogP contribution in [0.4, 0.5) is 0 Å². The van der Waals surface area contributed by atoms with E-state index in [1.54, 1.807) is 0 Å². The Hall–Kier alpha value is -3.08. The molecule has 2 aromatic carbocycles. The third-order valence-electron chi connectivity index (χ3n) is 6.47. The van der Waals surface area contributed by atoms with Crippen molar-refractivity contribution in [1.82, 2.24) is 0 Å². The van der Waals surface area contributed by atoms with Crippen molar-refractivity contribution in [3.8, 4) is 16.9 Å². The molecule has 2 rings (SSSR count). The molecular formula is C32H44O5. The largest absolute Gasteiger partial charge is 0.494 e. The van der Waals surface area contributed by atoms with E-state index < -0.39 is 0 Å². The van der Waals surface area contributed by atoms with E-state index in [-0.39, 0.29) is 11.9 Å². The van der Waals surface area contributed by atoms with E-state index in [1.807, 2.05) is 36.4 Å². The van der Waals surface area contributed by atoms with Crippen LogP contribution in [0.2, 0.25) is 0 Å². The van der Waals surface area contributed by atoms with Crippen LogP contribution in [0.3, 0.4) is 0 Å². The molecule has 0 radical (unpaired) electrons. The van der Waals surface area contributed by atoms with Gasteiger partial charge in [0.2, 0.25) is 0 Å². The number of carbonyl (C=O) groups excluding carboxylic acids is 2. The molecule has 0 N–H and O–H groups in total. The summed E-state index contributed by atoms with van der Waals surface area (Å²) in [6.07, 6.45) is 12.7. The fourth-order valence-corrected chi connectivity index (χ4v) is 3.82. The third kappa shape index (κ3) is 12.6. The minimum atomic E-state index is -0.333. The summed E-state index contributed by atoms with van der Waals surface area (Å²) in [5.74, 6) is 0.656. The van der Waals surface area contributed by atoms with Crippen LogP contribution in [0.1, 0.15) is 88.4 Å². The first-order chi connectivity index (χ1) is 18.0. The van der Waals surface area contributed by atoms with Crippen molar-refractivity contribution in [2.45, 2.75) is 78.1 Å². The summed E-state index contributed by atoms with van der Waals surface area (Å²) in [7, 11) is 0. The van der Waals surface area contributed by atoms with Crippen LogP contribution >= 0.6 is 0 Å². The fraction of sp³-hybridized carbons (Fsp3) is 0.500. The van der Waals surface area contributed by atoms with Gasteiger partial charge in [-0.2, -0.15) is 0 Å². The van der Waals surface area contributed by atoms with Gasteiger partial charge < -0.3 is 14.2 Å². The Morgan fingerprint density at radius 1 is 0.757 bits per heavy atom. The maximum atomic E-state index is 12.2. The summed E-state index contributed by atoms with van der Waals surface area (Å²) >= 11 is 0. The van der Waals surface area contributed by atoms with Gasteiger partial charge in [0, 0.05) is 6.08 Å². The van der Waals surface area contributed by atoms with Gasteiger partial charge in [0.1, 0.15) is 5.75 Å². The van der Waals surface area contributed by atoms with Crippen LogP contribution in [-0.2, 0) is 14.3 Å². The molecule has 0 aliphatic carbocycles. The summed E-state index contributed by atoms with van der Waals surface area (Å²) in [5.41, 5.74) is 2.72. The first kappa shape index (κ1) is 30.1. The van der Waals surface area contributed by atoms with Gasteiger partial charge in [-0.15, -0.1) is 0 Å². The minimum Gasteiger partial charge on any atom is -0.494 e. The average Bonchev–Trinajstić information content (AvgIpc) is 2.94. The normalized spacial score (nSPS) is 11.5. The van der Waals surface area contributed by atoms with Gasteiger partial charge in [-0.3, -0.25) is 0 Å². The van der Waals surface area contributed by atoms with Gasteiger partial charge in [-0.05, 0) is 54.2 Å². The topological polar surface area (TPSA) is 61.8 Å². The molecule has 0 bridgehead atoms.